The van der Waals surface area contributed by atoms with Crippen molar-refractivity contribution in [1.82, 2.24) is 4.98 Å². The van der Waals surface area contributed by atoms with Gasteiger partial charge in [-0.1, -0.05) is 0 Å². The molecule has 0 unspecified atom stereocenters. The summed E-state index contributed by atoms with van der Waals surface area (Å²) in [5, 5.41) is 2.62. The number of nitrogens with zero attached hydrogens (tertiary/aromatic N) is 1. The molecule has 0 saturated carbocycles. The van der Waals surface area contributed by atoms with Crippen LogP contribution in [0.3, 0.4) is 0 Å². The van der Waals surface area contributed by atoms with E-state index in [0.717, 1.165) is 10.6 Å². The van der Waals surface area contributed by atoms with Crippen molar-refractivity contribution < 1.29 is 28.1 Å². The molecule has 6 nitrogen and oxygen atoms in total. The third kappa shape index (κ3) is 5.48. The standard InChI is InChI=1S/C22H22FNO5S/c1-4-27-22(25)12-29-19-8-6-16(9-14(19)2)28-11-21-24-18(13-30-21)15-5-7-20(26-3)17(23)10-15/h5-10,13H,4,11-12H2,1-3H3. The van der Waals surface area contributed by atoms with Gasteiger partial charge in [-0.05, 0) is 55.8 Å². The number of carbonyl (C=O) groups is 1. The Labute approximate surface area is 178 Å². The van der Waals surface area contributed by atoms with E-state index in [1.54, 1.807) is 31.2 Å². The van der Waals surface area contributed by atoms with Crippen molar-refractivity contribution in [1.29, 1.82) is 0 Å². The lowest BCUT2D eigenvalue weighted by atomic mass is 10.1. The summed E-state index contributed by atoms with van der Waals surface area (Å²) >= 11 is 1.44. The highest BCUT2D eigenvalue weighted by Gasteiger charge is 2.10. The molecule has 3 rings (SSSR count). The molecule has 30 heavy (non-hydrogen) atoms. The number of aromatic nitrogens is 1. The van der Waals surface area contributed by atoms with Gasteiger partial charge in [-0.25, -0.2) is 14.2 Å². The number of halogens is 1. The van der Waals surface area contributed by atoms with Gasteiger partial charge in [0.15, 0.2) is 18.2 Å². The van der Waals surface area contributed by atoms with Crippen LogP contribution in [0.4, 0.5) is 4.39 Å². The van der Waals surface area contributed by atoms with Crippen molar-refractivity contribution in [3.05, 3.63) is 58.2 Å². The third-order valence-corrected chi connectivity index (χ3v) is 4.98. The summed E-state index contributed by atoms with van der Waals surface area (Å²) in [6, 6.07) is 10.1. The van der Waals surface area contributed by atoms with E-state index in [-0.39, 0.29) is 19.0 Å². The summed E-state index contributed by atoms with van der Waals surface area (Å²) < 4.78 is 35.0. The first-order valence-electron chi connectivity index (χ1n) is 9.30. The van der Waals surface area contributed by atoms with E-state index < -0.39 is 11.8 Å². The van der Waals surface area contributed by atoms with Crippen LogP contribution in [0.25, 0.3) is 11.3 Å². The fraction of sp³-hybridized carbons (Fsp3) is 0.273. The number of methoxy groups -OCH3 is 1. The lowest BCUT2D eigenvalue weighted by Gasteiger charge is -2.10. The number of rotatable bonds is 9. The molecule has 0 saturated heterocycles. The molecule has 0 aliphatic carbocycles. The number of carbonyl (C=O) groups excluding carboxylic acids is 1. The van der Waals surface area contributed by atoms with Gasteiger partial charge < -0.3 is 18.9 Å². The number of esters is 1. The number of hydrogen-bond acceptors (Lipinski definition) is 7. The largest absolute Gasteiger partial charge is 0.494 e. The minimum atomic E-state index is -0.429. The smallest absolute Gasteiger partial charge is 0.344 e. The summed E-state index contributed by atoms with van der Waals surface area (Å²) in [5.41, 5.74) is 2.19. The summed E-state index contributed by atoms with van der Waals surface area (Å²) in [4.78, 5) is 15.9. The van der Waals surface area contributed by atoms with E-state index in [1.165, 1.54) is 24.5 Å². The second-order valence-corrected chi connectivity index (χ2v) is 7.23. The molecule has 8 heteroatoms. The lowest BCUT2D eigenvalue weighted by Crippen LogP contribution is -2.14. The summed E-state index contributed by atoms with van der Waals surface area (Å²) in [6.45, 7) is 4.08. The van der Waals surface area contributed by atoms with Gasteiger partial charge in [0.25, 0.3) is 0 Å². The van der Waals surface area contributed by atoms with Crippen LogP contribution in [0.5, 0.6) is 17.2 Å². The predicted octanol–water partition coefficient (Wildman–Crippen LogP) is 4.79. The molecule has 3 aromatic rings. The minimum Gasteiger partial charge on any atom is -0.494 e. The zero-order valence-corrected chi connectivity index (χ0v) is 17.8. The highest BCUT2D eigenvalue weighted by molar-refractivity contribution is 7.09. The van der Waals surface area contributed by atoms with Crippen molar-refractivity contribution >= 4 is 17.3 Å². The van der Waals surface area contributed by atoms with Crippen LogP contribution in [0, 0.1) is 12.7 Å². The van der Waals surface area contributed by atoms with Gasteiger partial charge in [0.2, 0.25) is 0 Å². The molecule has 158 valence electrons. The minimum absolute atomic E-state index is 0.136. The molecule has 0 aliphatic rings. The molecule has 0 bridgehead atoms. The van der Waals surface area contributed by atoms with Crippen molar-refractivity contribution in [2.24, 2.45) is 0 Å². The predicted molar refractivity (Wildman–Crippen MR) is 112 cm³/mol. The van der Waals surface area contributed by atoms with E-state index in [2.05, 4.69) is 4.98 Å². The summed E-state index contributed by atoms with van der Waals surface area (Å²) in [6.07, 6.45) is 0. The SMILES string of the molecule is CCOC(=O)COc1ccc(OCc2nc(-c3ccc(OC)c(F)c3)cs2)cc1C. The van der Waals surface area contributed by atoms with Gasteiger partial charge in [-0.2, -0.15) is 0 Å². The third-order valence-electron chi connectivity index (χ3n) is 4.16. The van der Waals surface area contributed by atoms with Gasteiger partial charge in [0, 0.05) is 10.9 Å². The van der Waals surface area contributed by atoms with Crippen molar-refractivity contribution in [2.45, 2.75) is 20.5 Å². The Morgan fingerprint density at radius 3 is 2.63 bits per heavy atom. The first-order chi connectivity index (χ1) is 14.5. The Balaban J connectivity index is 1.59. The molecule has 1 aromatic heterocycles. The maximum atomic E-state index is 13.9. The average molecular weight is 431 g/mol. The average Bonchev–Trinajstić information content (AvgIpc) is 3.21. The molecular formula is C22H22FNO5S. The number of ether oxygens (including phenoxy) is 4. The van der Waals surface area contributed by atoms with Crippen LogP contribution in [-0.4, -0.2) is 31.3 Å². The maximum Gasteiger partial charge on any atom is 0.344 e. The topological polar surface area (TPSA) is 66.9 Å². The molecule has 0 radical (unpaired) electrons. The molecule has 0 amide bonds. The van der Waals surface area contributed by atoms with E-state index in [1.807, 2.05) is 18.4 Å². The quantitative estimate of drug-likeness (QED) is 0.454. The first kappa shape index (κ1) is 21.6. The summed E-state index contributed by atoms with van der Waals surface area (Å²) in [7, 11) is 1.43. The Morgan fingerprint density at radius 2 is 1.93 bits per heavy atom. The van der Waals surface area contributed by atoms with Gasteiger partial charge in [-0.3, -0.25) is 0 Å². The molecule has 0 spiro atoms. The molecule has 0 aliphatic heterocycles. The molecule has 0 atom stereocenters. The molecule has 1 heterocycles. The van der Waals surface area contributed by atoms with E-state index in [4.69, 9.17) is 18.9 Å². The zero-order chi connectivity index (χ0) is 21.5. The molecular weight excluding hydrogens is 409 g/mol. The van der Waals surface area contributed by atoms with Crippen LogP contribution < -0.4 is 14.2 Å². The fourth-order valence-corrected chi connectivity index (χ4v) is 3.41. The van der Waals surface area contributed by atoms with Crippen LogP contribution in [-0.2, 0) is 16.1 Å². The summed E-state index contributed by atoms with van der Waals surface area (Å²) in [5.74, 6) is 0.606. The Kier molecular flexibility index (Phi) is 7.24. The van der Waals surface area contributed by atoms with Crippen LogP contribution in [0.2, 0.25) is 0 Å². The number of thiazole rings is 1. The van der Waals surface area contributed by atoms with Crippen LogP contribution in [0.15, 0.2) is 41.8 Å². The van der Waals surface area contributed by atoms with Crippen molar-refractivity contribution in [3.63, 3.8) is 0 Å². The van der Waals surface area contributed by atoms with Gasteiger partial charge in [0.05, 0.1) is 19.4 Å². The van der Waals surface area contributed by atoms with E-state index in [9.17, 15) is 9.18 Å². The molecule has 0 fully saturated rings. The lowest BCUT2D eigenvalue weighted by molar-refractivity contribution is -0.145. The normalized spacial score (nSPS) is 10.5. The Bertz CT molecular complexity index is 1020. The number of aryl methyl sites for hydroxylation is 1. The van der Waals surface area contributed by atoms with Gasteiger partial charge in [0.1, 0.15) is 23.1 Å². The van der Waals surface area contributed by atoms with Crippen LogP contribution in [0.1, 0.15) is 17.5 Å². The first-order valence-corrected chi connectivity index (χ1v) is 10.2. The number of hydrogen-bond donors (Lipinski definition) is 0. The van der Waals surface area contributed by atoms with Crippen LogP contribution >= 0.6 is 11.3 Å². The Hall–Kier alpha value is -3.13. The Morgan fingerprint density at radius 1 is 1.13 bits per heavy atom. The monoisotopic (exact) mass is 431 g/mol. The molecule has 0 N–H and O–H groups in total. The van der Waals surface area contributed by atoms with E-state index >= 15 is 0 Å². The highest BCUT2D eigenvalue weighted by atomic mass is 32.1. The molecule has 2 aromatic carbocycles. The highest BCUT2D eigenvalue weighted by Crippen LogP contribution is 2.28. The number of benzene rings is 2. The second kappa shape index (κ2) is 10.1. The fourth-order valence-electron chi connectivity index (χ4n) is 2.69. The van der Waals surface area contributed by atoms with Gasteiger partial charge in [-0.15, -0.1) is 11.3 Å². The second-order valence-electron chi connectivity index (χ2n) is 6.29. The van der Waals surface area contributed by atoms with Gasteiger partial charge >= 0.3 is 5.97 Å². The van der Waals surface area contributed by atoms with Crippen molar-refractivity contribution in [2.75, 3.05) is 20.3 Å². The zero-order valence-electron chi connectivity index (χ0n) is 16.9. The maximum absolute atomic E-state index is 13.9. The van der Waals surface area contributed by atoms with E-state index in [0.29, 0.717) is 29.4 Å². The van der Waals surface area contributed by atoms with Crippen molar-refractivity contribution in [3.8, 4) is 28.5 Å².